The Bertz CT molecular complexity index is 1010. The number of carbonyl (C=O) groups is 2. The Morgan fingerprint density at radius 2 is 1.62 bits per heavy atom. The number of nitrogens with zero attached hydrogens (tertiary/aromatic N) is 1. The molecule has 1 N–H and O–H groups in total. The van der Waals surface area contributed by atoms with E-state index in [1.54, 1.807) is 42.5 Å². The maximum absolute atomic E-state index is 12.5. The molecule has 2 aromatic carbocycles. The van der Waals surface area contributed by atoms with Gasteiger partial charge in [0, 0.05) is 30.4 Å². The van der Waals surface area contributed by atoms with Crippen molar-refractivity contribution in [3.8, 4) is 0 Å². The smallest absolute Gasteiger partial charge is 0.330 e. The van der Waals surface area contributed by atoms with Gasteiger partial charge in [-0.3, -0.25) is 4.79 Å². The Labute approximate surface area is 170 Å². The summed E-state index contributed by atoms with van der Waals surface area (Å²) in [6, 6.07) is 12.9. The maximum atomic E-state index is 12.5. The van der Waals surface area contributed by atoms with E-state index >= 15 is 0 Å². The highest BCUT2D eigenvalue weighted by atomic mass is 32.2. The first kappa shape index (κ1) is 20.8. The summed E-state index contributed by atoms with van der Waals surface area (Å²) in [6.07, 6.45) is 4.65. The summed E-state index contributed by atoms with van der Waals surface area (Å²) in [5.41, 5.74) is 1.70. The fraction of sp³-hybridized carbons (Fsp3) is 0.238. The lowest BCUT2D eigenvalue weighted by atomic mass is 10.1. The predicted molar refractivity (Wildman–Crippen MR) is 110 cm³/mol. The minimum atomic E-state index is -3.47. The number of nitrogens with one attached hydrogen (secondary N) is 1. The van der Waals surface area contributed by atoms with Crippen LogP contribution in [-0.4, -0.2) is 44.8 Å². The molecule has 7 nitrogen and oxygen atoms in total. The van der Waals surface area contributed by atoms with Crippen molar-refractivity contribution in [1.29, 1.82) is 0 Å². The van der Waals surface area contributed by atoms with Gasteiger partial charge in [-0.25, -0.2) is 13.2 Å². The van der Waals surface area contributed by atoms with Crippen molar-refractivity contribution < 1.29 is 22.7 Å². The van der Waals surface area contributed by atoms with Crippen LogP contribution in [0.5, 0.6) is 0 Å². The van der Waals surface area contributed by atoms with Crippen molar-refractivity contribution in [1.82, 2.24) is 4.31 Å². The van der Waals surface area contributed by atoms with Crippen LogP contribution in [-0.2, 0) is 19.6 Å². The minimum absolute atomic E-state index is 0.221. The summed E-state index contributed by atoms with van der Waals surface area (Å²) >= 11 is 0. The average Bonchev–Trinajstić information content (AvgIpc) is 3.28. The molecule has 1 aliphatic rings. The molecule has 3 rings (SSSR count). The number of hydrogen-bond donors (Lipinski definition) is 1. The average molecular weight is 414 g/mol. The number of sulfonamides is 1. The van der Waals surface area contributed by atoms with Gasteiger partial charge in [0.05, 0.1) is 12.0 Å². The molecule has 0 saturated carbocycles. The van der Waals surface area contributed by atoms with Crippen LogP contribution in [0.25, 0.3) is 6.08 Å². The van der Waals surface area contributed by atoms with Gasteiger partial charge >= 0.3 is 5.97 Å². The molecule has 1 aliphatic heterocycles. The molecule has 0 aromatic heterocycles. The van der Waals surface area contributed by atoms with Crippen molar-refractivity contribution in [3.63, 3.8) is 0 Å². The summed E-state index contributed by atoms with van der Waals surface area (Å²) in [6.45, 7) is 1.09. The lowest BCUT2D eigenvalue weighted by molar-refractivity contribution is -0.134. The second-order valence-electron chi connectivity index (χ2n) is 6.57. The Morgan fingerprint density at radius 1 is 1.00 bits per heavy atom. The lowest BCUT2D eigenvalue weighted by Gasteiger charge is -2.15. The second kappa shape index (κ2) is 9.02. The monoisotopic (exact) mass is 414 g/mol. The molecule has 0 radical (unpaired) electrons. The van der Waals surface area contributed by atoms with Crippen molar-refractivity contribution in [2.24, 2.45) is 0 Å². The zero-order valence-corrected chi connectivity index (χ0v) is 16.8. The molecule has 152 valence electrons. The number of methoxy groups -OCH3 is 1. The van der Waals surface area contributed by atoms with Crippen LogP contribution in [0.3, 0.4) is 0 Å². The Balaban J connectivity index is 1.65. The first-order valence-electron chi connectivity index (χ1n) is 9.18. The first-order chi connectivity index (χ1) is 13.9. The third kappa shape index (κ3) is 5.10. The van der Waals surface area contributed by atoms with Crippen LogP contribution in [0.2, 0.25) is 0 Å². The van der Waals surface area contributed by atoms with Crippen LogP contribution in [0.1, 0.15) is 28.8 Å². The molecule has 0 atom stereocenters. The number of esters is 1. The van der Waals surface area contributed by atoms with Gasteiger partial charge in [-0.1, -0.05) is 12.1 Å². The normalized spacial score (nSPS) is 14.8. The number of benzene rings is 2. The Kier molecular flexibility index (Phi) is 6.46. The molecule has 29 heavy (non-hydrogen) atoms. The summed E-state index contributed by atoms with van der Waals surface area (Å²) < 4.78 is 31.1. The Morgan fingerprint density at radius 3 is 2.21 bits per heavy atom. The van der Waals surface area contributed by atoms with Crippen molar-refractivity contribution in [2.75, 3.05) is 25.5 Å². The number of amides is 1. The van der Waals surface area contributed by atoms with Crippen LogP contribution >= 0.6 is 0 Å². The summed E-state index contributed by atoms with van der Waals surface area (Å²) in [5.74, 6) is -0.773. The summed E-state index contributed by atoms with van der Waals surface area (Å²) in [5, 5.41) is 2.75. The number of anilines is 1. The highest BCUT2D eigenvalue weighted by Crippen LogP contribution is 2.22. The zero-order chi connectivity index (χ0) is 20.9. The highest BCUT2D eigenvalue weighted by Gasteiger charge is 2.26. The molecule has 0 bridgehead atoms. The molecular formula is C21H22N2O5S. The van der Waals surface area contributed by atoms with Gasteiger partial charge in [0.2, 0.25) is 10.0 Å². The van der Waals surface area contributed by atoms with Crippen LogP contribution in [0.15, 0.2) is 59.5 Å². The molecule has 2 aromatic rings. The van der Waals surface area contributed by atoms with E-state index in [4.69, 9.17) is 0 Å². The summed E-state index contributed by atoms with van der Waals surface area (Å²) in [4.78, 5) is 23.7. The molecule has 8 heteroatoms. The van der Waals surface area contributed by atoms with Gasteiger partial charge in [0.15, 0.2) is 0 Å². The van der Waals surface area contributed by atoms with Gasteiger partial charge in [-0.05, 0) is 60.9 Å². The van der Waals surface area contributed by atoms with Gasteiger partial charge in [-0.2, -0.15) is 4.31 Å². The molecule has 1 amide bonds. The topological polar surface area (TPSA) is 92.8 Å². The molecule has 0 unspecified atom stereocenters. The van der Waals surface area contributed by atoms with E-state index in [1.165, 1.54) is 29.6 Å². The number of hydrogen-bond acceptors (Lipinski definition) is 5. The third-order valence-corrected chi connectivity index (χ3v) is 6.51. The van der Waals surface area contributed by atoms with E-state index in [-0.39, 0.29) is 10.8 Å². The van der Waals surface area contributed by atoms with Crippen molar-refractivity contribution >= 4 is 33.7 Å². The maximum Gasteiger partial charge on any atom is 0.330 e. The largest absolute Gasteiger partial charge is 0.466 e. The molecule has 1 fully saturated rings. The fourth-order valence-corrected chi connectivity index (χ4v) is 4.49. The quantitative estimate of drug-likeness (QED) is 0.580. The van der Waals surface area contributed by atoms with Gasteiger partial charge in [-0.15, -0.1) is 0 Å². The third-order valence-electron chi connectivity index (χ3n) is 4.60. The predicted octanol–water partition coefficient (Wildman–Crippen LogP) is 2.91. The number of rotatable bonds is 6. The number of carbonyl (C=O) groups excluding carboxylic acids is 2. The van der Waals surface area contributed by atoms with Gasteiger partial charge < -0.3 is 10.1 Å². The SMILES string of the molecule is COC(=O)/C=C/c1ccc(C(=O)Nc2ccc(S(=O)(=O)N3CCCC3)cc2)cc1. The fourth-order valence-electron chi connectivity index (χ4n) is 2.97. The van der Waals surface area contributed by atoms with E-state index in [2.05, 4.69) is 10.1 Å². The number of ether oxygens (including phenoxy) is 1. The zero-order valence-electron chi connectivity index (χ0n) is 16.0. The molecule has 1 saturated heterocycles. The van der Waals surface area contributed by atoms with E-state index < -0.39 is 16.0 Å². The van der Waals surface area contributed by atoms with Crippen LogP contribution in [0, 0.1) is 0 Å². The van der Waals surface area contributed by atoms with Crippen molar-refractivity contribution in [3.05, 3.63) is 65.7 Å². The van der Waals surface area contributed by atoms with Gasteiger partial charge in [0.25, 0.3) is 5.91 Å². The molecule has 0 spiro atoms. The van der Waals surface area contributed by atoms with Crippen molar-refractivity contribution in [2.45, 2.75) is 17.7 Å². The van der Waals surface area contributed by atoms with E-state index in [9.17, 15) is 18.0 Å². The standard InChI is InChI=1S/C21H22N2O5S/c1-28-20(24)13-6-16-4-7-17(8-5-16)21(25)22-18-9-11-19(12-10-18)29(26,27)23-14-2-3-15-23/h4-13H,2-3,14-15H2,1H3,(H,22,25)/b13-6+. The Hall–Kier alpha value is -2.97. The van der Waals surface area contributed by atoms with E-state index in [0.717, 1.165) is 18.4 Å². The lowest BCUT2D eigenvalue weighted by Crippen LogP contribution is -2.27. The second-order valence-corrected chi connectivity index (χ2v) is 8.51. The first-order valence-corrected chi connectivity index (χ1v) is 10.6. The van der Waals surface area contributed by atoms with E-state index in [1.807, 2.05) is 0 Å². The van der Waals surface area contributed by atoms with Gasteiger partial charge in [0.1, 0.15) is 0 Å². The highest BCUT2D eigenvalue weighted by molar-refractivity contribution is 7.89. The molecule has 1 heterocycles. The molecule has 0 aliphatic carbocycles. The van der Waals surface area contributed by atoms with Crippen LogP contribution < -0.4 is 5.32 Å². The minimum Gasteiger partial charge on any atom is -0.466 e. The van der Waals surface area contributed by atoms with E-state index in [0.29, 0.717) is 24.3 Å². The summed E-state index contributed by atoms with van der Waals surface area (Å²) in [7, 11) is -2.17. The van der Waals surface area contributed by atoms with Crippen LogP contribution in [0.4, 0.5) is 5.69 Å². The molecular weight excluding hydrogens is 392 g/mol.